The smallest absolute Gasteiger partial charge is 0.0819 e. The molecule has 17 heavy (non-hydrogen) atoms. The molecule has 0 bridgehead atoms. The monoisotopic (exact) mass is 230 g/mol. The lowest BCUT2D eigenvalue weighted by atomic mass is 9.61. The van der Waals surface area contributed by atoms with Crippen molar-refractivity contribution in [2.75, 3.05) is 0 Å². The lowest BCUT2D eigenvalue weighted by Crippen LogP contribution is -2.39. The molecule has 1 aromatic carbocycles. The van der Waals surface area contributed by atoms with Crippen LogP contribution in [0.25, 0.3) is 0 Å². The first-order valence-corrected chi connectivity index (χ1v) is 6.69. The molecule has 0 nitrogen and oxygen atoms in total. The molecular weight excluding hydrogens is 203 g/mol. The lowest BCUT2D eigenvalue weighted by molar-refractivity contribution is 0.226. The summed E-state index contributed by atoms with van der Waals surface area (Å²) in [5, 5.41) is 0. The number of rotatable bonds is 2. The molecule has 0 unspecified atom stereocenters. The van der Waals surface area contributed by atoms with Crippen molar-refractivity contribution in [3.63, 3.8) is 0 Å². The van der Waals surface area contributed by atoms with E-state index in [4.69, 9.17) is 0 Å². The Labute approximate surface area is 108 Å². The van der Waals surface area contributed by atoms with Crippen molar-refractivity contribution in [3.05, 3.63) is 29.3 Å². The largest absolute Gasteiger partial charge is 0.140 e. The van der Waals surface area contributed by atoms with Crippen LogP contribution in [0.4, 0.5) is 0 Å². The normalized spacial score (nSPS) is 13.2. The zero-order valence-electron chi connectivity index (χ0n) is 12.8. The fourth-order valence-corrected chi connectivity index (χ4v) is 2.36. The van der Waals surface area contributed by atoms with Gasteiger partial charge in [0.2, 0.25) is 0 Å². The number of hydrogen-bond donors (Lipinski definition) is 0. The summed E-state index contributed by atoms with van der Waals surface area (Å²) in [5.41, 5.74) is 4.92. The van der Waals surface area contributed by atoms with Crippen molar-refractivity contribution in [1.82, 2.24) is 0 Å². The fraction of sp³-hybridized carbons (Fsp3) is 0.625. The number of hydrogen-bond acceptors (Lipinski definition) is 0. The van der Waals surface area contributed by atoms with Crippen molar-refractivity contribution >= 4 is 13.3 Å². The van der Waals surface area contributed by atoms with Crippen molar-refractivity contribution in [2.45, 2.75) is 59.8 Å². The van der Waals surface area contributed by atoms with E-state index < -0.39 is 0 Å². The van der Waals surface area contributed by atoms with Gasteiger partial charge >= 0.3 is 0 Å². The Bertz CT molecular complexity index is 394. The van der Waals surface area contributed by atoms with E-state index in [-0.39, 0.29) is 10.8 Å². The summed E-state index contributed by atoms with van der Waals surface area (Å²) in [6, 6.07) is 6.78. The second-order valence-electron chi connectivity index (χ2n) is 7.05. The van der Waals surface area contributed by atoms with Gasteiger partial charge in [-0.25, -0.2) is 0 Å². The van der Waals surface area contributed by atoms with Crippen LogP contribution in [0.1, 0.15) is 65.5 Å². The molecule has 1 rings (SSSR count). The summed E-state index contributed by atoms with van der Waals surface area (Å²) in [5.74, 6) is 0.603. The highest BCUT2D eigenvalue weighted by atomic mass is 14.4. The summed E-state index contributed by atoms with van der Waals surface area (Å²) in [7, 11) is 2.28. The molecule has 0 N–H and O–H groups in total. The molecule has 1 aromatic rings. The van der Waals surface area contributed by atoms with Crippen LogP contribution in [0.5, 0.6) is 0 Å². The van der Waals surface area contributed by atoms with Crippen molar-refractivity contribution in [3.8, 4) is 0 Å². The zero-order chi connectivity index (χ0) is 13.4. The number of benzene rings is 1. The minimum atomic E-state index is 0.196. The Kier molecular flexibility index (Phi) is 3.81. The van der Waals surface area contributed by atoms with Crippen LogP contribution >= 0.6 is 0 Å². The van der Waals surface area contributed by atoms with Gasteiger partial charge in [0.1, 0.15) is 7.85 Å². The summed E-state index contributed by atoms with van der Waals surface area (Å²) < 4.78 is 0. The van der Waals surface area contributed by atoms with E-state index in [1.807, 2.05) is 0 Å². The molecule has 0 atom stereocenters. The average molecular weight is 230 g/mol. The van der Waals surface area contributed by atoms with Crippen LogP contribution in [-0.4, -0.2) is 7.85 Å². The highest BCUT2D eigenvalue weighted by Crippen LogP contribution is 2.40. The van der Waals surface area contributed by atoms with E-state index in [9.17, 15) is 0 Å². The summed E-state index contributed by atoms with van der Waals surface area (Å²) >= 11 is 0. The van der Waals surface area contributed by atoms with Crippen LogP contribution < -0.4 is 5.46 Å². The highest BCUT2D eigenvalue weighted by molar-refractivity contribution is 6.34. The topological polar surface area (TPSA) is 0 Å². The highest BCUT2D eigenvalue weighted by Gasteiger charge is 2.35. The Morgan fingerprint density at radius 2 is 1.53 bits per heavy atom. The fourth-order valence-electron chi connectivity index (χ4n) is 2.36. The van der Waals surface area contributed by atoms with Crippen molar-refractivity contribution in [2.24, 2.45) is 5.41 Å². The van der Waals surface area contributed by atoms with Gasteiger partial charge in [-0.3, -0.25) is 0 Å². The molecule has 0 aliphatic carbocycles. The maximum atomic E-state index is 2.36. The minimum Gasteiger partial charge on any atom is -0.0819 e. The molecule has 0 heterocycles. The molecule has 0 saturated carbocycles. The molecule has 0 fully saturated rings. The Balaban J connectivity index is 3.38. The van der Waals surface area contributed by atoms with Gasteiger partial charge < -0.3 is 0 Å². The summed E-state index contributed by atoms with van der Waals surface area (Å²) in [6.45, 7) is 16.3. The Morgan fingerprint density at radius 3 is 1.94 bits per heavy atom. The predicted octanol–water partition coefficient (Wildman–Crippen LogP) is 3.39. The van der Waals surface area contributed by atoms with E-state index in [0.29, 0.717) is 5.92 Å². The lowest BCUT2D eigenvalue weighted by Gasteiger charge is -2.41. The molecule has 0 aliphatic rings. The van der Waals surface area contributed by atoms with Gasteiger partial charge in [0.25, 0.3) is 0 Å². The Hall–Kier alpha value is -0.715. The molecule has 0 saturated heterocycles. The molecular formula is C16H27B. The second kappa shape index (κ2) is 4.51. The van der Waals surface area contributed by atoms with Crippen LogP contribution in [0, 0.1) is 5.41 Å². The van der Waals surface area contributed by atoms with E-state index in [0.717, 1.165) is 0 Å². The van der Waals surface area contributed by atoms with Gasteiger partial charge in [-0.05, 0) is 22.3 Å². The van der Waals surface area contributed by atoms with Crippen LogP contribution in [0.15, 0.2) is 18.2 Å². The zero-order valence-corrected chi connectivity index (χ0v) is 12.8. The molecule has 0 amide bonds. The molecule has 0 spiro atoms. The van der Waals surface area contributed by atoms with Gasteiger partial charge in [-0.1, -0.05) is 77.7 Å². The third kappa shape index (κ3) is 2.59. The third-order valence-electron chi connectivity index (χ3n) is 4.55. The van der Waals surface area contributed by atoms with E-state index in [1.165, 1.54) is 16.6 Å². The van der Waals surface area contributed by atoms with Gasteiger partial charge in [0.15, 0.2) is 0 Å². The van der Waals surface area contributed by atoms with Crippen molar-refractivity contribution < 1.29 is 0 Å². The molecule has 0 aliphatic heterocycles. The summed E-state index contributed by atoms with van der Waals surface area (Å²) in [4.78, 5) is 0. The standard InChI is InChI=1S/C16H27B/c1-11(2)12-9-8-10-13(14(12)17)16(6,7)15(3,4)5/h8-11H,17H2,1-7H3. The first kappa shape index (κ1) is 14.3. The predicted molar refractivity (Wildman–Crippen MR) is 81.2 cm³/mol. The first-order valence-electron chi connectivity index (χ1n) is 6.69. The van der Waals surface area contributed by atoms with Gasteiger partial charge in [-0.2, -0.15) is 0 Å². The van der Waals surface area contributed by atoms with Gasteiger partial charge in [-0.15, -0.1) is 0 Å². The quantitative estimate of drug-likeness (QED) is 0.683. The molecule has 0 radical (unpaired) electrons. The third-order valence-corrected chi connectivity index (χ3v) is 4.55. The molecule has 94 valence electrons. The van der Waals surface area contributed by atoms with E-state index in [1.54, 1.807) is 0 Å². The minimum absolute atomic E-state index is 0.196. The second-order valence-corrected chi connectivity index (χ2v) is 7.05. The molecule has 0 aromatic heterocycles. The van der Waals surface area contributed by atoms with Gasteiger partial charge in [0.05, 0.1) is 0 Å². The Morgan fingerprint density at radius 1 is 1.00 bits per heavy atom. The maximum Gasteiger partial charge on any atom is 0.140 e. The summed E-state index contributed by atoms with van der Waals surface area (Å²) in [6.07, 6.45) is 0. The van der Waals surface area contributed by atoms with E-state index in [2.05, 4.69) is 74.5 Å². The first-order chi connectivity index (χ1) is 7.59. The van der Waals surface area contributed by atoms with Gasteiger partial charge in [0, 0.05) is 0 Å². The van der Waals surface area contributed by atoms with Crippen molar-refractivity contribution in [1.29, 1.82) is 0 Å². The SMILES string of the molecule is Bc1c(C(C)C)cccc1C(C)(C)C(C)(C)C. The maximum absolute atomic E-state index is 2.36. The van der Waals surface area contributed by atoms with Crippen LogP contribution in [-0.2, 0) is 5.41 Å². The average Bonchev–Trinajstić information content (AvgIpc) is 2.15. The molecule has 1 heteroatoms. The van der Waals surface area contributed by atoms with E-state index >= 15 is 0 Å². The van der Waals surface area contributed by atoms with Crippen LogP contribution in [0.2, 0.25) is 0 Å². The van der Waals surface area contributed by atoms with Crippen LogP contribution in [0.3, 0.4) is 0 Å².